The maximum atomic E-state index is 13.0. The molecule has 9 rings (SSSR count). The number of aliphatic hydroxyl groups excluding tert-OH is 13. The summed E-state index contributed by atoms with van der Waals surface area (Å²) in [4.78, 5) is 48.5. The van der Waals surface area contributed by atoms with Crippen LogP contribution in [0.15, 0.2) is 83.3 Å². The van der Waals surface area contributed by atoms with Crippen molar-refractivity contribution < 1.29 is 178 Å². The molecular formula is C60H65O36+. The van der Waals surface area contributed by atoms with E-state index >= 15 is 0 Å². The largest absolute Gasteiger partial charge is 0.507 e. The SMILES string of the molecule is O=C(O)CC(=O)OC[C@H]1O[C@@H](Oc2cc3c(O)cc(O[C@@H]4O[C@H](COC(=O)/C=C/c5ccc(O[C@@H]6O[C@H](COC(=O)/C=C/c7ccc(O[C@@H]8O[C@H](CO)[C@@H](O)[C@H](O)[C@H]8O)c(O)c7)[C@@H](O)[C@H](O)[C@H]6O)c(O)c5)[C@@H](O)[C@H](O)[C@H]4O)cc3[o+]c2-c2cc(O)c(O)c(O)c2)[C@H](O)[C@@H](O)[C@@H]1O. The second-order valence-corrected chi connectivity index (χ2v) is 22.0. The van der Waals surface area contributed by atoms with Crippen molar-refractivity contribution in [2.45, 2.75) is 129 Å². The van der Waals surface area contributed by atoms with E-state index in [-0.39, 0.29) is 44.9 Å². The van der Waals surface area contributed by atoms with Gasteiger partial charge in [0.1, 0.15) is 141 Å². The fourth-order valence-corrected chi connectivity index (χ4v) is 9.97. The molecule has 36 heteroatoms. The van der Waals surface area contributed by atoms with Gasteiger partial charge in [0.15, 0.2) is 40.2 Å². The van der Waals surface area contributed by atoms with Gasteiger partial charge in [-0.25, -0.2) is 14.0 Å². The molecule has 20 N–H and O–H groups in total. The summed E-state index contributed by atoms with van der Waals surface area (Å²) in [5.74, 6) is -11.4. The third kappa shape index (κ3) is 16.3. The van der Waals surface area contributed by atoms with Crippen molar-refractivity contribution in [3.63, 3.8) is 0 Å². The quantitative estimate of drug-likeness (QED) is 0.00782. The zero-order valence-corrected chi connectivity index (χ0v) is 49.2. The van der Waals surface area contributed by atoms with E-state index in [1.807, 2.05) is 0 Å². The second-order valence-electron chi connectivity index (χ2n) is 22.0. The van der Waals surface area contributed by atoms with Gasteiger partial charge in [0, 0.05) is 36.4 Å². The van der Waals surface area contributed by atoms with Crippen LogP contribution in [0.1, 0.15) is 17.5 Å². The van der Waals surface area contributed by atoms with Crippen LogP contribution in [-0.2, 0) is 52.3 Å². The van der Waals surface area contributed by atoms with E-state index in [1.54, 1.807) is 0 Å². The molecule has 96 heavy (non-hydrogen) atoms. The molecule has 4 fully saturated rings. The molecule has 1 aromatic heterocycles. The van der Waals surface area contributed by atoms with Crippen LogP contribution < -0.4 is 18.9 Å². The van der Waals surface area contributed by atoms with Gasteiger partial charge in [0.2, 0.25) is 30.9 Å². The van der Waals surface area contributed by atoms with Crippen molar-refractivity contribution in [1.82, 2.24) is 0 Å². The van der Waals surface area contributed by atoms with Crippen LogP contribution in [0.5, 0.6) is 57.5 Å². The predicted molar refractivity (Wildman–Crippen MR) is 308 cm³/mol. The summed E-state index contributed by atoms with van der Waals surface area (Å²) in [5, 5.41) is 209. The minimum Gasteiger partial charge on any atom is -0.507 e. The molecule has 0 radical (unpaired) electrons. The topological polar surface area (TPSA) is 586 Å². The van der Waals surface area contributed by atoms with E-state index in [9.17, 15) is 116 Å². The van der Waals surface area contributed by atoms with Crippen molar-refractivity contribution in [2.24, 2.45) is 0 Å². The van der Waals surface area contributed by atoms with Crippen LogP contribution in [0.3, 0.4) is 0 Å². The Morgan fingerprint density at radius 3 is 1.27 bits per heavy atom. The number of rotatable bonds is 22. The van der Waals surface area contributed by atoms with Gasteiger partial charge in [-0.1, -0.05) is 12.1 Å². The lowest BCUT2D eigenvalue weighted by Crippen LogP contribution is -2.60. The Hall–Kier alpha value is -9.03. The Morgan fingerprint density at radius 1 is 0.438 bits per heavy atom. The number of phenols is 6. The van der Waals surface area contributed by atoms with Crippen LogP contribution in [0.25, 0.3) is 34.4 Å². The monoisotopic (exact) mass is 1360 g/mol. The summed E-state index contributed by atoms with van der Waals surface area (Å²) in [7, 11) is 0. The first-order valence-electron chi connectivity index (χ1n) is 28.7. The Morgan fingerprint density at radius 2 is 0.844 bits per heavy atom. The number of phenolic OH excluding ortho intramolecular Hbond substituents is 6. The van der Waals surface area contributed by atoms with Gasteiger partial charge in [-0.05, 0) is 47.5 Å². The normalized spacial score (nSPS) is 30.8. The number of carbonyl (C=O) groups excluding carboxylic acids is 3. The van der Waals surface area contributed by atoms with Crippen LogP contribution in [-0.4, -0.2) is 275 Å². The number of benzene rings is 4. The number of ether oxygens (including phenoxy) is 11. The van der Waals surface area contributed by atoms with Gasteiger partial charge in [0.05, 0.1) is 18.2 Å². The summed E-state index contributed by atoms with van der Waals surface area (Å²) >= 11 is 0. The maximum absolute atomic E-state index is 13.0. The van der Waals surface area contributed by atoms with Crippen molar-refractivity contribution in [1.29, 1.82) is 0 Å². The van der Waals surface area contributed by atoms with Gasteiger partial charge in [-0.15, -0.1) is 0 Å². The number of esters is 3. The minimum atomic E-state index is -2.07. The number of hydrogen-bond acceptors (Lipinski definition) is 34. The van der Waals surface area contributed by atoms with Crippen molar-refractivity contribution in [3.05, 3.63) is 90.0 Å². The van der Waals surface area contributed by atoms with Crippen LogP contribution in [0.2, 0.25) is 0 Å². The average molecular weight is 1360 g/mol. The van der Waals surface area contributed by atoms with Crippen LogP contribution in [0, 0.1) is 0 Å². The summed E-state index contributed by atoms with van der Waals surface area (Å²) in [5.41, 5.74) is -0.240. The number of aliphatic carboxylic acids is 1. The van der Waals surface area contributed by atoms with E-state index in [4.69, 9.17) is 61.6 Å². The van der Waals surface area contributed by atoms with Gasteiger partial charge in [0.25, 0.3) is 0 Å². The van der Waals surface area contributed by atoms with Gasteiger partial charge in [-0.2, -0.15) is 0 Å². The fraction of sp³-hybridized carbons (Fsp3) is 0.417. The highest BCUT2D eigenvalue weighted by molar-refractivity contribution is 5.91. The molecule has 0 unspecified atom stereocenters. The average Bonchev–Trinajstić information content (AvgIpc) is 0.777. The smallest absolute Gasteiger partial charge is 0.402 e. The molecule has 4 saturated heterocycles. The van der Waals surface area contributed by atoms with E-state index < -0.39 is 226 Å². The standard InChI is InChI=1S/C60H64O36/c61-17-35-44(73)48(77)53(82)58(93-35)90-31-5-1-21(9-27(31)63)4-8-41(70)86-19-37-46(75)50(79)54(83)59(95-37)91-32-6-2-22(10-28(32)64)3-7-40(69)85-18-36-45(74)49(78)52(81)57(94-36)88-24-13-26(62)25-15-34(56(89-33(25)14-24)23-11-29(65)43(72)30(66)12-23)92-60-55(84)51(80)47(76)38(96-60)20-87-42(71)16-39(67)68/h1-15,35-38,44-55,57-61,73-84H,16-20H2,(H6-,62,63,64,65,66,67,68,72)/p+1/b7-3+,8-4+/t35-,36-,37-,38-,44-,45-,46-,47-,48+,49+,50+,51+,52-,53-,54-,55-,57-,58-,59-,60-/m1/s1. The number of carboxylic acids is 1. The van der Waals surface area contributed by atoms with Gasteiger partial charge < -0.3 is 154 Å². The Kier molecular flexibility index (Phi) is 22.5. The molecule has 0 spiro atoms. The Balaban J connectivity index is 0.797. The molecule has 20 atom stereocenters. The number of fused-ring (bicyclic) bond motifs is 1. The zero-order chi connectivity index (χ0) is 69.7. The van der Waals surface area contributed by atoms with E-state index in [1.165, 1.54) is 24.3 Å². The highest BCUT2D eigenvalue weighted by atomic mass is 16.7. The molecule has 4 aromatic carbocycles. The lowest BCUT2D eigenvalue weighted by Gasteiger charge is -2.39. The van der Waals surface area contributed by atoms with Gasteiger partial charge in [-0.3, -0.25) is 9.59 Å². The number of carbonyl (C=O) groups is 4. The first-order chi connectivity index (χ1) is 45.5. The molecule has 0 amide bonds. The molecule has 4 aliphatic rings. The summed E-state index contributed by atoms with van der Waals surface area (Å²) in [6, 6.07) is 12.1. The Labute approximate surface area is 538 Å². The first kappa shape index (κ1) is 71.3. The first-order valence-corrected chi connectivity index (χ1v) is 28.7. The lowest BCUT2D eigenvalue weighted by atomic mass is 9.99. The summed E-state index contributed by atoms with van der Waals surface area (Å²) < 4.78 is 66.0. The molecule has 4 aliphatic heterocycles. The molecule has 0 bridgehead atoms. The molecule has 36 nitrogen and oxygen atoms in total. The number of aliphatic hydroxyl groups is 13. The second kappa shape index (κ2) is 30.4. The molecule has 520 valence electrons. The summed E-state index contributed by atoms with van der Waals surface area (Å²) in [6.07, 6.45) is -33.1. The van der Waals surface area contributed by atoms with Gasteiger partial charge >= 0.3 is 35.2 Å². The number of carboxylic acid groups (broad SMARTS) is 1. The molecule has 5 heterocycles. The lowest BCUT2D eigenvalue weighted by molar-refractivity contribution is -0.278. The van der Waals surface area contributed by atoms with E-state index in [2.05, 4.69) is 0 Å². The zero-order valence-electron chi connectivity index (χ0n) is 49.2. The highest BCUT2D eigenvalue weighted by Crippen LogP contribution is 2.46. The van der Waals surface area contributed by atoms with E-state index in [0.29, 0.717) is 0 Å². The van der Waals surface area contributed by atoms with Crippen LogP contribution in [0.4, 0.5) is 0 Å². The molecule has 0 saturated carbocycles. The van der Waals surface area contributed by atoms with Crippen molar-refractivity contribution >= 4 is 47.0 Å². The third-order valence-electron chi connectivity index (χ3n) is 15.2. The fourth-order valence-electron chi connectivity index (χ4n) is 9.97. The maximum Gasteiger partial charge on any atom is 0.402 e. The van der Waals surface area contributed by atoms with Crippen molar-refractivity contribution in [3.8, 4) is 68.8 Å². The predicted octanol–water partition coefficient (Wildman–Crippen LogP) is -4.12. The highest BCUT2D eigenvalue weighted by Gasteiger charge is 2.50. The number of hydrogen-bond donors (Lipinski definition) is 20. The van der Waals surface area contributed by atoms with E-state index in [0.717, 1.165) is 66.8 Å². The van der Waals surface area contributed by atoms with Crippen LogP contribution >= 0.6 is 0 Å². The molecule has 0 aliphatic carbocycles. The minimum absolute atomic E-state index is 0.133. The summed E-state index contributed by atoms with van der Waals surface area (Å²) in [6.45, 7) is -3.08. The Bertz CT molecular complexity index is 3650. The third-order valence-corrected chi connectivity index (χ3v) is 15.2. The van der Waals surface area contributed by atoms with Crippen molar-refractivity contribution in [2.75, 3.05) is 26.4 Å². The molecule has 5 aromatic rings. The number of aromatic hydroxyl groups is 6. The molecular weight excluding hydrogens is 1300 g/mol.